The van der Waals surface area contributed by atoms with E-state index in [0.717, 1.165) is 58.0 Å². The van der Waals surface area contributed by atoms with Gasteiger partial charge in [0, 0.05) is 18.5 Å². The maximum Gasteiger partial charge on any atom is 0.227 e. The van der Waals surface area contributed by atoms with Gasteiger partial charge in [0.2, 0.25) is 5.91 Å². The third-order valence-corrected chi connectivity index (χ3v) is 5.13. The smallest absolute Gasteiger partial charge is 0.227 e. The number of nitrogens with one attached hydrogen (secondary N) is 1. The third-order valence-electron chi connectivity index (χ3n) is 5.13. The van der Waals surface area contributed by atoms with Gasteiger partial charge in [0.15, 0.2) is 0 Å². The van der Waals surface area contributed by atoms with Crippen molar-refractivity contribution in [2.24, 2.45) is 5.41 Å². The highest BCUT2D eigenvalue weighted by molar-refractivity contribution is 5.84. The fourth-order valence-corrected chi connectivity index (χ4v) is 3.41. The Morgan fingerprint density at radius 1 is 1.26 bits per heavy atom. The fraction of sp³-hybridized carbons (Fsp3) is 0.867. The molecule has 19 heavy (non-hydrogen) atoms. The average Bonchev–Trinajstić information content (AvgIpc) is 2.92. The largest absolute Gasteiger partial charge is 0.337 e. The molecule has 0 spiro atoms. The maximum absolute atomic E-state index is 12.6. The first-order valence-corrected chi connectivity index (χ1v) is 7.48. The second kappa shape index (κ2) is 5.50. The van der Waals surface area contributed by atoms with E-state index in [9.17, 15) is 10.1 Å². The van der Waals surface area contributed by atoms with E-state index < -0.39 is 5.54 Å². The fourth-order valence-electron chi connectivity index (χ4n) is 3.41. The molecule has 0 aromatic rings. The molecule has 4 heteroatoms. The number of hydrogen-bond donors (Lipinski definition) is 1. The molecule has 1 saturated heterocycles. The van der Waals surface area contributed by atoms with Crippen LogP contribution in [0.5, 0.6) is 0 Å². The Hall–Kier alpha value is -1.08. The molecule has 1 amide bonds. The van der Waals surface area contributed by atoms with E-state index in [2.05, 4.69) is 30.3 Å². The summed E-state index contributed by atoms with van der Waals surface area (Å²) in [7, 11) is 2.06. The number of likely N-dealkylation sites (tertiary alicyclic amines) is 1. The predicted molar refractivity (Wildman–Crippen MR) is 74.4 cm³/mol. The summed E-state index contributed by atoms with van der Waals surface area (Å²) in [4.78, 5) is 14.9. The number of nitrogens with zero attached hydrogens (tertiary/aromatic N) is 2. The van der Waals surface area contributed by atoms with Gasteiger partial charge in [-0.2, -0.15) is 5.26 Å². The summed E-state index contributed by atoms with van der Waals surface area (Å²) < 4.78 is 0. The van der Waals surface area contributed by atoms with Crippen LogP contribution < -0.4 is 5.32 Å². The van der Waals surface area contributed by atoms with Gasteiger partial charge >= 0.3 is 0 Å². The molecule has 1 N–H and O–H groups in total. The van der Waals surface area contributed by atoms with Gasteiger partial charge in [0.1, 0.15) is 5.54 Å². The molecule has 0 radical (unpaired) electrons. The molecule has 1 saturated carbocycles. The summed E-state index contributed by atoms with van der Waals surface area (Å²) in [6.07, 6.45) is 6.62. The van der Waals surface area contributed by atoms with Crippen molar-refractivity contribution in [1.82, 2.24) is 10.2 Å². The summed E-state index contributed by atoms with van der Waals surface area (Å²) in [5.74, 6) is 0.124. The summed E-state index contributed by atoms with van der Waals surface area (Å²) in [5.41, 5.74) is -0.832. The van der Waals surface area contributed by atoms with Crippen molar-refractivity contribution < 1.29 is 4.79 Å². The zero-order chi connectivity index (χ0) is 13.9. The molecule has 106 valence electrons. The Morgan fingerprint density at radius 3 is 2.32 bits per heavy atom. The van der Waals surface area contributed by atoms with E-state index >= 15 is 0 Å². The Bertz CT molecular complexity index is 371. The first-order chi connectivity index (χ1) is 9.06. The minimum absolute atomic E-state index is 0.124. The normalized spacial score (nSPS) is 25.7. The first kappa shape index (κ1) is 14.3. The van der Waals surface area contributed by atoms with Gasteiger partial charge in [-0.05, 0) is 39.2 Å². The number of piperidine rings is 1. The van der Waals surface area contributed by atoms with Crippen LogP contribution in [0.1, 0.15) is 51.9 Å². The van der Waals surface area contributed by atoms with E-state index in [-0.39, 0.29) is 11.3 Å². The Balaban J connectivity index is 2.06. The molecule has 1 aliphatic carbocycles. The van der Waals surface area contributed by atoms with Crippen molar-refractivity contribution in [1.29, 1.82) is 5.26 Å². The number of hydrogen-bond acceptors (Lipinski definition) is 3. The summed E-state index contributed by atoms with van der Waals surface area (Å²) in [6, 6.07) is 2.38. The molecule has 2 fully saturated rings. The average molecular weight is 263 g/mol. The Labute approximate surface area is 116 Å². The van der Waals surface area contributed by atoms with Gasteiger partial charge in [-0.25, -0.2) is 0 Å². The predicted octanol–water partition coefficient (Wildman–Crippen LogP) is 2.06. The van der Waals surface area contributed by atoms with Crippen LogP contribution in [-0.4, -0.2) is 36.5 Å². The summed E-state index contributed by atoms with van der Waals surface area (Å²) in [5, 5.41) is 12.6. The molecule has 0 bridgehead atoms. The molecular formula is C15H25N3O. The van der Waals surface area contributed by atoms with Crippen LogP contribution in [0.3, 0.4) is 0 Å². The minimum atomic E-state index is -0.631. The summed E-state index contributed by atoms with van der Waals surface area (Å²) >= 11 is 0. The van der Waals surface area contributed by atoms with Gasteiger partial charge < -0.3 is 10.2 Å². The van der Waals surface area contributed by atoms with Crippen LogP contribution >= 0.6 is 0 Å². The van der Waals surface area contributed by atoms with Gasteiger partial charge in [0.25, 0.3) is 0 Å². The number of nitriles is 1. The van der Waals surface area contributed by atoms with Gasteiger partial charge in [0.05, 0.1) is 6.07 Å². The van der Waals surface area contributed by atoms with Crippen LogP contribution in [0.2, 0.25) is 0 Å². The van der Waals surface area contributed by atoms with Crippen molar-refractivity contribution in [2.45, 2.75) is 57.4 Å². The zero-order valence-corrected chi connectivity index (χ0v) is 12.2. The number of rotatable bonds is 3. The van der Waals surface area contributed by atoms with Crippen molar-refractivity contribution in [3.63, 3.8) is 0 Å². The van der Waals surface area contributed by atoms with Gasteiger partial charge in [-0.3, -0.25) is 4.79 Å². The number of amides is 1. The molecule has 0 aromatic heterocycles. The van der Waals surface area contributed by atoms with Crippen LogP contribution in [0, 0.1) is 16.7 Å². The lowest BCUT2D eigenvalue weighted by atomic mass is 9.80. The van der Waals surface area contributed by atoms with Crippen LogP contribution in [-0.2, 0) is 4.79 Å². The molecule has 4 nitrogen and oxygen atoms in total. The monoisotopic (exact) mass is 263 g/mol. The molecule has 2 aliphatic rings. The quantitative estimate of drug-likeness (QED) is 0.848. The number of carbonyl (C=O) groups is 1. The second-order valence-corrected chi connectivity index (χ2v) is 6.29. The van der Waals surface area contributed by atoms with E-state index in [1.807, 2.05) is 0 Å². The van der Waals surface area contributed by atoms with E-state index in [4.69, 9.17) is 0 Å². The molecule has 1 heterocycles. The maximum atomic E-state index is 12.6. The number of carbonyl (C=O) groups excluding carboxylic acids is 1. The van der Waals surface area contributed by atoms with Gasteiger partial charge in [-0.15, -0.1) is 0 Å². The topological polar surface area (TPSA) is 56.1 Å². The highest BCUT2D eigenvalue weighted by Crippen LogP contribution is 2.41. The Morgan fingerprint density at radius 2 is 1.84 bits per heavy atom. The van der Waals surface area contributed by atoms with E-state index in [0.29, 0.717) is 0 Å². The van der Waals surface area contributed by atoms with Crippen LogP contribution in [0.25, 0.3) is 0 Å². The third kappa shape index (κ3) is 2.76. The standard InChI is InChI=1S/C15H25N3O/c1-3-14(6-4-5-7-14)13(19)17-15(12-16)8-10-18(2)11-9-15/h3-11H2,1-2H3,(H,17,19). The van der Waals surface area contributed by atoms with E-state index in [1.165, 1.54) is 0 Å². The highest BCUT2D eigenvalue weighted by atomic mass is 16.2. The molecule has 0 unspecified atom stereocenters. The lowest BCUT2D eigenvalue weighted by molar-refractivity contribution is -0.133. The highest BCUT2D eigenvalue weighted by Gasteiger charge is 2.44. The minimum Gasteiger partial charge on any atom is -0.337 e. The lowest BCUT2D eigenvalue weighted by Crippen LogP contribution is -2.56. The van der Waals surface area contributed by atoms with Crippen molar-refractivity contribution in [3.8, 4) is 6.07 Å². The SMILES string of the molecule is CCC1(C(=O)NC2(C#N)CCN(C)CC2)CCCC1. The van der Waals surface area contributed by atoms with Crippen LogP contribution in [0.15, 0.2) is 0 Å². The molecule has 1 aliphatic heterocycles. The second-order valence-electron chi connectivity index (χ2n) is 6.29. The van der Waals surface area contributed by atoms with Crippen molar-refractivity contribution in [2.75, 3.05) is 20.1 Å². The lowest BCUT2D eigenvalue weighted by Gasteiger charge is -2.38. The molecule has 0 atom stereocenters. The van der Waals surface area contributed by atoms with Crippen molar-refractivity contribution >= 4 is 5.91 Å². The Kier molecular flexibility index (Phi) is 4.15. The van der Waals surface area contributed by atoms with Gasteiger partial charge in [-0.1, -0.05) is 19.8 Å². The molecule has 0 aromatic carbocycles. The zero-order valence-electron chi connectivity index (χ0n) is 12.2. The summed E-state index contributed by atoms with van der Waals surface area (Å²) in [6.45, 7) is 3.86. The molecular weight excluding hydrogens is 238 g/mol. The first-order valence-electron chi connectivity index (χ1n) is 7.48. The van der Waals surface area contributed by atoms with E-state index in [1.54, 1.807) is 0 Å². The van der Waals surface area contributed by atoms with Crippen molar-refractivity contribution in [3.05, 3.63) is 0 Å². The van der Waals surface area contributed by atoms with Crippen LogP contribution in [0.4, 0.5) is 0 Å². The molecule has 2 rings (SSSR count).